The van der Waals surface area contributed by atoms with Crippen molar-refractivity contribution in [1.29, 1.82) is 0 Å². The number of aliphatic hydroxyl groups excluding tert-OH is 1. The van der Waals surface area contributed by atoms with Gasteiger partial charge < -0.3 is 10.0 Å². The molecular formula is C14H23NO. The lowest BCUT2D eigenvalue weighted by molar-refractivity contribution is 0.248. The summed E-state index contributed by atoms with van der Waals surface area (Å²) >= 11 is 0. The van der Waals surface area contributed by atoms with Crippen molar-refractivity contribution in [3.63, 3.8) is 0 Å². The lowest BCUT2D eigenvalue weighted by atomic mass is 10.0. The van der Waals surface area contributed by atoms with Gasteiger partial charge in [0, 0.05) is 19.7 Å². The highest BCUT2D eigenvalue weighted by molar-refractivity contribution is 5.29. The molecule has 0 saturated carbocycles. The Morgan fingerprint density at radius 2 is 1.88 bits per heavy atom. The second-order valence-corrected chi connectivity index (χ2v) is 4.55. The van der Waals surface area contributed by atoms with Crippen LogP contribution in [-0.4, -0.2) is 36.8 Å². The average Bonchev–Trinajstić information content (AvgIpc) is 2.28. The van der Waals surface area contributed by atoms with E-state index in [-0.39, 0.29) is 6.61 Å². The molecule has 0 atom stereocenters. The van der Waals surface area contributed by atoms with E-state index in [0.717, 1.165) is 25.9 Å². The highest BCUT2D eigenvalue weighted by atomic mass is 16.3. The number of aryl methyl sites for hydroxylation is 2. The third-order valence-electron chi connectivity index (χ3n) is 3.05. The van der Waals surface area contributed by atoms with E-state index in [1.807, 2.05) is 0 Å². The zero-order valence-corrected chi connectivity index (χ0v) is 10.7. The van der Waals surface area contributed by atoms with Gasteiger partial charge in [0.1, 0.15) is 0 Å². The van der Waals surface area contributed by atoms with Crippen molar-refractivity contribution < 1.29 is 5.11 Å². The van der Waals surface area contributed by atoms with Gasteiger partial charge in [-0.15, -0.1) is 0 Å². The molecule has 2 nitrogen and oxygen atoms in total. The number of benzene rings is 1. The Kier molecular flexibility index (Phi) is 5.50. The molecule has 1 rings (SSSR count). The first kappa shape index (κ1) is 13.2. The van der Waals surface area contributed by atoms with Gasteiger partial charge in [0.25, 0.3) is 0 Å². The van der Waals surface area contributed by atoms with Crippen LogP contribution in [0.2, 0.25) is 0 Å². The molecule has 1 N–H and O–H groups in total. The molecular weight excluding hydrogens is 198 g/mol. The zero-order chi connectivity index (χ0) is 12.0. The first-order valence-electron chi connectivity index (χ1n) is 5.99. The van der Waals surface area contributed by atoms with Gasteiger partial charge in [-0.3, -0.25) is 0 Å². The van der Waals surface area contributed by atoms with E-state index in [1.165, 1.54) is 16.7 Å². The topological polar surface area (TPSA) is 23.5 Å². The molecule has 1 aromatic carbocycles. The van der Waals surface area contributed by atoms with Crippen molar-refractivity contribution in [1.82, 2.24) is 4.90 Å². The van der Waals surface area contributed by atoms with Crippen LogP contribution in [0.15, 0.2) is 18.2 Å². The fourth-order valence-electron chi connectivity index (χ4n) is 1.73. The van der Waals surface area contributed by atoms with Crippen LogP contribution in [0.25, 0.3) is 0 Å². The van der Waals surface area contributed by atoms with Crippen molar-refractivity contribution in [2.75, 3.05) is 26.7 Å². The first-order chi connectivity index (χ1) is 7.63. The summed E-state index contributed by atoms with van der Waals surface area (Å²) in [7, 11) is 2.11. The van der Waals surface area contributed by atoms with E-state index < -0.39 is 0 Å². The van der Waals surface area contributed by atoms with E-state index >= 15 is 0 Å². The van der Waals surface area contributed by atoms with Gasteiger partial charge in [-0.25, -0.2) is 0 Å². The fraction of sp³-hybridized carbons (Fsp3) is 0.571. The summed E-state index contributed by atoms with van der Waals surface area (Å²) in [5.74, 6) is 0. The average molecular weight is 221 g/mol. The Labute approximate surface area is 98.9 Å². The fourth-order valence-corrected chi connectivity index (χ4v) is 1.73. The Hall–Kier alpha value is -0.860. The highest BCUT2D eigenvalue weighted by Gasteiger charge is 2.00. The molecule has 2 heteroatoms. The molecule has 90 valence electrons. The largest absolute Gasteiger partial charge is 0.396 e. The van der Waals surface area contributed by atoms with Crippen molar-refractivity contribution in [3.8, 4) is 0 Å². The molecule has 0 aliphatic heterocycles. The summed E-state index contributed by atoms with van der Waals surface area (Å²) in [5, 5.41) is 8.74. The molecule has 0 unspecified atom stereocenters. The number of rotatable bonds is 6. The van der Waals surface area contributed by atoms with Crippen LogP contribution < -0.4 is 0 Å². The van der Waals surface area contributed by atoms with E-state index in [9.17, 15) is 0 Å². The summed E-state index contributed by atoms with van der Waals surface area (Å²) in [5.41, 5.74) is 4.13. The molecule has 0 saturated heterocycles. The van der Waals surface area contributed by atoms with Gasteiger partial charge in [0.15, 0.2) is 0 Å². The lowest BCUT2D eigenvalue weighted by Crippen LogP contribution is -2.23. The van der Waals surface area contributed by atoms with Crippen LogP contribution in [0.1, 0.15) is 23.1 Å². The SMILES string of the molecule is Cc1ccc(CCN(C)CCCO)cc1C. The maximum absolute atomic E-state index is 8.74. The standard InChI is InChI=1S/C14H23NO/c1-12-5-6-14(11-13(12)2)7-9-15(3)8-4-10-16/h5-6,11,16H,4,7-10H2,1-3H3. The third kappa shape index (κ3) is 4.33. The maximum atomic E-state index is 8.74. The van der Waals surface area contributed by atoms with E-state index in [1.54, 1.807) is 0 Å². The highest BCUT2D eigenvalue weighted by Crippen LogP contribution is 2.10. The Morgan fingerprint density at radius 3 is 2.50 bits per heavy atom. The normalized spacial score (nSPS) is 11.1. The van der Waals surface area contributed by atoms with Crippen LogP contribution >= 0.6 is 0 Å². The minimum absolute atomic E-state index is 0.286. The molecule has 0 fully saturated rings. The quantitative estimate of drug-likeness (QED) is 0.795. The smallest absolute Gasteiger partial charge is 0.0443 e. The summed E-state index contributed by atoms with van der Waals surface area (Å²) in [6, 6.07) is 6.68. The molecule has 0 aromatic heterocycles. The minimum atomic E-state index is 0.286. The van der Waals surface area contributed by atoms with Gasteiger partial charge >= 0.3 is 0 Å². The summed E-state index contributed by atoms with van der Waals surface area (Å²) in [6.07, 6.45) is 1.95. The maximum Gasteiger partial charge on any atom is 0.0443 e. The van der Waals surface area contributed by atoms with Crippen molar-refractivity contribution in [2.45, 2.75) is 26.7 Å². The monoisotopic (exact) mass is 221 g/mol. The third-order valence-corrected chi connectivity index (χ3v) is 3.05. The molecule has 16 heavy (non-hydrogen) atoms. The molecule has 0 radical (unpaired) electrons. The molecule has 0 heterocycles. The van der Waals surface area contributed by atoms with Crippen LogP contribution in [0.4, 0.5) is 0 Å². The van der Waals surface area contributed by atoms with Gasteiger partial charge in [0.2, 0.25) is 0 Å². The lowest BCUT2D eigenvalue weighted by Gasteiger charge is -2.16. The van der Waals surface area contributed by atoms with E-state index in [4.69, 9.17) is 5.11 Å². The number of hydrogen-bond donors (Lipinski definition) is 1. The first-order valence-corrected chi connectivity index (χ1v) is 5.99. The van der Waals surface area contributed by atoms with Crippen molar-refractivity contribution in [2.24, 2.45) is 0 Å². The predicted octanol–water partition coefficient (Wildman–Crippen LogP) is 2.16. The number of hydrogen-bond acceptors (Lipinski definition) is 2. The number of likely N-dealkylation sites (N-methyl/N-ethyl adjacent to an activating group) is 1. The Bertz CT molecular complexity index is 323. The van der Waals surface area contributed by atoms with Crippen LogP contribution in [0, 0.1) is 13.8 Å². The molecule has 0 aliphatic carbocycles. The van der Waals surface area contributed by atoms with Crippen LogP contribution in [0.3, 0.4) is 0 Å². The number of nitrogens with zero attached hydrogens (tertiary/aromatic N) is 1. The number of aliphatic hydroxyl groups is 1. The zero-order valence-electron chi connectivity index (χ0n) is 10.7. The molecule has 0 aliphatic rings. The molecule has 0 amide bonds. The molecule has 1 aromatic rings. The van der Waals surface area contributed by atoms with Gasteiger partial charge in [0.05, 0.1) is 0 Å². The Morgan fingerprint density at radius 1 is 1.12 bits per heavy atom. The van der Waals surface area contributed by atoms with Crippen LogP contribution in [0.5, 0.6) is 0 Å². The second kappa shape index (κ2) is 6.66. The van der Waals surface area contributed by atoms with Gasteiger partial charge in [-0.05, 0) is 50.4 Å². The van der Waals surface area contributed by atoms with Crippen molar-refractivity contribution >= 4 is 0 Å². The summed E-state index contributed by atoms with van der Waals surface area (Å²) in [6.45, 7) is 6.62. The van der Waals surface area contributed by atoms with Crippen molar-refractivity contribution in [3.05, 3.63) is 34.9 Å². The van der Waals surface area contributed by atoms with Gasteiger partial charge in [-0.1, -0.05) is 18.2 Å². The minimum Gasteiger partial charge on any atom is -0.396 e. The summed E-state index contributed by atoms with van der Waals surface area (Å²) < 4.78 is 0. The molecule has 0 bridgehead atoms. The molecule has 0 spiro atoms. The van der Waals surface area contributed by atoms with Crippen LogP contribution in [-0.2, 0) is 6.42 Å². The van der Waals surface area contributed by atoms with E-state index in [0.29, 0.717) is 0 Å². The second-order valence-electron chi connectivity index (χ2n) is 4.55. The summed E-state index contributed by atoms with van der Waals surface area (Å²) in [4.78, 5) is 2.27. The van der Waals surface area contributed by atoms with E-state index in [2.05, 4.69) is 44.0 Å². The van der Waals surface area contributed by atoms with Gasteiger partial charge in [-0.2, -0.15) is 0 Å². The Balaban J connectivity index is 2.39. The predicted molar refractivity (Wildman–Crippen MR) is 68.8 cm³/mol.